The molecule has 2 N–H and O–H groups in total. The number of aromatic amines is 1. The summed E-state index contributed by atoms with van der Waals surface area (Å²) in [6, 6.07) is 15.3. The molecule has 0 saturated heterocycles. The fourth-order valence-electron chi connectivity index (χ4n) is 3.74. The first-order valence-corrected chi connectivity index (χ1v) is 11.4. The molecule has 0 aliphatic heterocycles. The minimum absolute atomic E-state index is 0.153. The second kappa shape index (κ2) is 9.56. The van der Waals surface area contributed by atoms with Gasteiger partial charge in [0, 0.05) is 16.1 Å². The van der Waals surface area contributed by atoms with Crippen molar-refractivity contribution in [2.45, 2.75) is 20.4 Å². The Morgan fingerprint density at radius 3 is 2.48 bits per heavy atom. The Balaban J connectivity index is 1.49. The van der Waals surface area contributed by atoms with Gasteiger partial charge in [-0.15, -0.1) is 11.3 Å². The highest BCUT2D eigenvalue weighted by Crippen LogP contribution is 2.35. The molecule has 0 fully saturated rings. The summed E-state index contributed by atoms with van der Waals surface area (Å²) in [5, 5.41) is 3.47. The number of thiophene rings is 1. The van der Waals surface area contributed by atoms with Gasteiger partial charge in [-0.2, -0.15) is 0 Å². The lowest BCUT2D eigenvalue weighted by Crippen LogP contribution is -2.31. The number of carbonyl (C=O) groups excluding carboxylic acids is 1. The number of rotatable bonds is 7. The van der Waals surface area contributed by atoms with Gasteiger partial charge in [-0.25, -0.2) is 4.98 Å². The van der Waals surface area contributed by atoms with Gasteiger partial charge >= 0.3 is 0 Å². The number of ether oxygens (including phenoxy) is 1. The number of aromatic nitrogens is 2. The van der Waals surface area contributed by atoms with Crippen LogP contribution in [0.15, 0.2) is 53.3 Å². The molecule has 0 aliphatic carbocycles. The van der Waals surface area contributed by atoms with Crippen LogP contribution in [0.25, 0.3) is 21.3 Å². The number of hydrogen-bond donors (Lipinski definition) is 2. The number of benzene rings is 2. The van der Waals surface area contributed by atoms with Crippen LogP contribution in [-0.4, -0.2) is 41.5 Å². The van der Waals surface area contributed by atoms with Crippen LogP contribution in [0.1, 0.15) is 16.3 Å². The van der Waals surface area contributed by atoms with Crippen molar-refractivity contribution in [2.24, 2.45) is 0 Å². The van der Waals surface area contributed by atoms with Crippen LogP contribution in [0.5, 0.6) is 5.75 Å². The van der Waals surface area contributed by atoms with Crippen LogP contribution in [0.3, 0.4) is 0 Å². The van der Waals surface area contributed by atoms with E-state index in [0.717, 1.165) is 21.8 Å². The summed E-state index contributed by atoms with van der Waals surface area (Å²) in [4.78, 5) is 36.5. The number of aryl methyl sites for hydroxylation is 2. The first kappa shape index (κ1) is 22.7. The first-order chi connectivity index (χ1) is 15.8. The number of carbonyl (C=O) groups is 1. The Kier molecular flexibility index (Phi) is 6.57. The van der Waals surface area contributed by atoms with Crippen molar-refractivity contribution in [2.75, 3.05) is 26.0 Å². The predicted molar refractivity (Wildman–Crippen MR) is 133 cm³/mol. The van der Waals surface area contributed by atoms with Crippen LogP contribution in [0, 0.1) is 13.8 Å². The summed E-state index contributed by atoms with van der Waals surface area (Å²) in [5.74, 6) is 1.11. The van der Waals surface area contributed by atoms with Crippen LogP contribution in [0.4, 0.5) is 5.69 Å². The summed E-state index contributed by atoms with van der Waals surface area (Å²) in [6.07, 6.45) is 0. The molecule has 1 amide bonds. The Morgan fingerprint density at radius 2 is 1.82 bits per heavy atom. The number of anilines is 1. The predicted octanol–water partition coefficient (Wildman–Crippen LogP) is 4.35. The summed E-state index contributed by atoms with van der Waals surface area (Å²) >= 11 is 1.51. The molecule has 170 valence electrons. The van der Waals surface area contributed by atoms with E-state index in [9.17, 15) is 9.59 Å². The van der Waals surface area contributed by atoms with Crippen LogP contribution in [0.2, 0.25) is 0 Å². The number of H-pyrrole nitrogens is 1. The monoisotopic (exact) mass is 462 g/mol. The summed E-state index contributed by atoms with van der Waals surface area (Å²) in [6.45, 7) is 4.55. The highest BCUT2D eigenvalue weighted by atomic mass is 32.1. The molecule has 0 unspecified atom stereocenters. The molecule has 33 heavy (non-hydrogen) atoms. The Labute approximate surface area is 196 Å². The van der Waals surface area contributed by atoms with E-state index in [2.05, 4.69) is 15.3 Å². The topological polar surface area (TPSA) is 87.3 Å². The van der Waals surface area contributed by atoms with Gasteiger partial charge in [-0.1, -0.05) is 29.8 Å². The Morgan fingerprint density at radius 1 is 1.12 bits per heavy atom. The van der Waals surface area contributed by atoms with Gasteiger partial charge in [0.1, 0.15) is 16.4 Å². The van der Waals surface area contributed by atoms with E-state index < -0.39 is 0 Å². The maximum atomic E-state index is 13.0. The third-order valence-electron chi connectivity index (χ3n) is 5.33. The molecule has 4 aromatic rings. The number of amides is 1. The molecular weight excluding hydrogens is 436 g/mol. The SMILES string of the molecule is COc1ccc(NC(=O)CN(C)Cc2nc3sc(C)c(-c4ccc(C)cc4)c3c(=O)[nH]2)cc1. The fourth-order valence-corrected chi connectivity index (χ4v) is 4.80. The van der Waals surface area contributed by atoms with E-state index in [1.165, 1.54) is 16.9 Å². The van der Waals surface area contributed by atoms with Gasteiger partial charge in [-0.3, -0.25) is 14.5 Å². The number of nitrogens with one attached hydrogen (secondary N) is 2. The van der Waals surface area contributed by atoms with E-state index >= 15 is 0 Å². The van der Waals surface area contributed by atoms with Crippen molar-refractivity contribution >= 4 is 33.1 Å². The largest absolute Gasteiger partial charge is 0.497 e. The number of fused-ring (bicyclic) bond motifs is 1. The third kappa shape index (κ3) is 5.13. The van der Waals surface area contributed by atoms with Gasteiger partial charge in [-0.05, 0) is 50.7 Å². The van der Waals surface area contributed by atoms with Gasteiger partial charge in [0.25, 0.3) is 5.56 Å². The van der Waals surface area contributed by atoms with Gasteiger partial charge in [0.15, 0.2) is 0 Å². The average molecular weight is 463 g/mol. The molecule has 2 aromatic carbocycles. The fraction of sp³-hybridized carbons (Fsp3) is 0.240. The van der Waals surface area contributed by atoms with E-state index in [1.54, 1.807) is 31.4 Å². The molecule has 0 radical (unpaired) electrons. The molecule has 0 saturated carbocycles. The van der Waals surface area contributed by atoms with Crippen molar-refractivity contribution in [1.29, 1.82) is 0 Å². The molecule has 4 rings (SSSR count). The second-order valence-corrected chi connectivity index (χ2v) is 9.24. The van der Waals surface area contributed by atoms with Crippen molar-refractivity contribution in [3.05, 3.63) is 75.1 Å². The number of nitrogens with zero attached hydrogens (tertiary/aromatic N) is 2. The maximum absolute atomic E-state index is 13.0. The zero-order chi connectivity index (χ0) is 23.5. The maximum Gasteiger partial charge on any atom is 0.260 e. The third-order valence-corrected chi connectivity index (χ3v) is 6.33. The zero-order valence-corrected chi connectivity index (χ0v) is 19.9. The normalized spacial score (nSPS) is 11.2. The van der Waals surface area contributed by atoms with Gasteiger partial charge in [0.2, 0.25) is 5.91 Å². The second-order valence-electron chi connectivity index (χ2n) is 8.04. The van der Waals surface area contributed by atoms with Crippen molar-refractivity contribution in [3.8, 4) is 16.9 Å². The standard InChI is InChI=1S/C25H26N4O3S/c1-15-5-7-17(8-6-15)22-16(2)33-25-23(22)24(31)27-20(28-25)13-29(3)14-21(30)26-18-9-11-19(32-4)12-10-18/h5-12H,13-14H2,1-4H3,(H,26,30)(H,27,28,31). The molecular formula is C25H26N4O3S. The molecule has 0 aliphatic rings. The van der Waals surface area contributed by atoms with Crippen molar-refractivity contribution < 1.29 is 9.53 Å². The lowest BCUT2D eigenvalue weighted by molar-refractivity contribution is -0.117. The number of methoxy groups -OCH3 is 1. The van der Waals surface area contributed by atoms with Crippen LogP contribution in [-0.2, 0) is 11.3 Å². The van der Waals surface area contributed by atoms with Crippen molar-refractivity contribution in [1.82, 2.24) is 14.9 Å². The molecule has 7 nitrogen and oxygen atoms in total. The average Bonchev–Trinajstić information content (AvgIpc) is 3.11. The lowest BCUT2D eigenvalue weighted by Gasteiger charge is -2.15. The number of hydrogen-bond acceptors (Lipinski definition) is 6. The van der Waals surface area contributed by atoms with Crippen LogP contribution >= 0.6 is 11.3 Å². The zero-order valence-electron chi connectivity index (χ0n) is 19.1. The molecule has 0 spiro atoms. The van der Waals surface area contributed by atoms with Crippen molar-refractivity contribution in [3.63, 3.8) is 0 Å². The quantitative estimate of drug-likeness (QED) is 0.426. The molecule has 2 aromatic heterocycles. The smallest absolute Gasteiger partial charge is 0.260 e. The Hall–Kier alpha value is -3.49. The van der Waals surface area contributed by atoms with E-state index in [4.69, 9.17) is 4.74 Å². The van der Waals surface area contributed by atoms with Gasteiger partial charge in [0.05, 0.1) is 25.6 Å². The minimum atomic E-state index is -0.161. The lowest BCUT2D eigenvalue weighted by atomic mass is 10.0. The molecule has 0 atom stereocenters. The highest BCUT2D eigenvalue weighted by Gasteiger charge is 2.17. The van der Waals surface area contributed by atoms with E-state index in [-0.39, 0.29) is 18.0 Å². The highest BCUT2D eigenvalue weighted by molar-refractivity contribution is 7.19. The molecule has 2 heterocycles. The Bertz CT molecular complexity index is 1340. The molecule has 8 heteroatoms. The summed E-state index contributed by atoms with van der Waals surface area (Å²) < 4.78 is 5.13. The number of likely N-dealkylation sites (N-methyl/N-ethyl adjacent to an activating group) is 1. The van der Waals surface area contributed by atoms with E-state index in [1.807, 2.05) is 50.1 Å². The molecule has 0 bridgehead atoms. The summed E-state index contributed by atoms with van der Waals surface area (Å²) in [7, 11) is 3.41. The van der Waals surface area contributed by atoms with E-state index in [0.29, 0.717) is 28.3 Å². The van der Waals surface area contributed by atoms with Gasteiger partial charge < -0.3 is 15.0 Å². The summed E-state index contributed by atoms with van der Waals surface area (Å²) in [5.41, 5.74) is 3.65. The van der Waals surface area contributed by atoms with Crippen LogP contribution < -0.4 is 15.6 Å². The minimum Gasteiger partial charge on any atom is -0.497 e. The first-order valence-electron chi connectivity index (χ1n) is 10.6.